The fraction of sp³-hybridized carbons (Fsp3) is 0.0769. The molecular formula is C52H38N4. The first-order valence-corrected chi connectivity index (χ1v) is 19.1. The lowest BCUT2D eigenvalue weighted by atomic mass is 9.99. The van der Waals surface area contributed by atoms with Crippen molar-refractivity contribution in [3.05, 3.63) is 186 Å². The third kappa shape index (κ3) is 5.40. The summed E-state index contributed by atoms with van der Waals surface area (Å²) in [6, 6.07) is 54.9. The van der Waals surface area contributed by atoms with Crippen LogP contribution in [-0.2, 0) is 0 Å². The monoisotopic (exact) mass is 718 g/mol. The van der Waals surface area contributed by atoms with Crippen molar-refractivity contribution < 1.29 is 0 Å². The highest BCUT2D eigenvalue weighted by atomic mass is 15.0. The Morgan fingerprint density at radius 2 is 0.929 bits per heavy atom. The molecule has 0 atom stereocenters. The minimum absolute atomic E-state index is 0.600. The first-order chi connectivity index (χ1) is 27.3. The van der Waals surface area contributed by atoms with Crippen molar-refractivity contribution in [2.75, 3.05) is 0 Å². The summed E-state index contributed by atoms with van der Waals surface area (Å²) < 4.78 is 4.70. The Morgan fingerprint density at radius 1 is 0.429 bits per heavy atom. The smallest absolute Gasteiger partial charge is 0.0992 e. The summed E-state index contributed by atoms with van der Waals surface area (Å²) in [7, 11) is 0. The van der Waals surface area contributed by atoms with Crippen LogP contribution in [0, 0.1) is 39.0 Å². The Kier molecular flexibility index (Phi) is 7.73. The van der Waals surface area contributed by atoms with E-state index >= 15 is 0 Å². The average Bonchev–Trinajstić information content (AvgIpc) is 3.72. The maximum atomic E-state index is 10.3. The molecule has 0 bridgehead atoms. The highest BCUT2D eigenvalue weighted by Crippen LogP contribution is 2.42. The molecule has 266 valence electrons. The lowest BCUT2D eigenvalue weighted by Crippen LogP contribution is -2.02. The van der Waals surface area contributed by atoms with Crippen LogP contribution in [-0.4, -0.2) is 14.1 Å². The van der Waals surface area contributed by atoms with E-state index in [0.29, 0.717) is 5.56 Å². The number of para-hydroxylation sites is 2. The van der Waals surface area contributed by atoms with Gasteiger partial charge in [0.2, 0.25) is 0 Å². The number of aryl methyl sites for hydroxylation is 4. The second-order valence-electron chi connectivity index (χ2n) is 15.2. The van der Waals surface area contributed by atoms with E-state index in [-0.39, 0.29) is 0 Å². The van der Waals surface area contributed by atoms with E-state index in [2.05, 4.69) is 176 Å². The van der Waals surface area contributed by atoms with Crippen LogP contribution < -0.4 is 0 Å². The van der Waals surface area contributed by atoms with Crippen molar-refractivity contribution in [1.82, 2.24) is 14.1 Å². The van der Waals surface area contributed by atoms with Gasteiger partial charge in [-0.3, -0.25) is 4.98 Å². The number of hydrogen-bond donors (Lipinski definition) is 0. The molecule has 0 unspecified atom stereocenters. The van der Waals surface area contributed by atoms with Crippen LogP contribution in [0.1, 0.15) is 27.8 Å². The van der Waals surface area contributed by atoms with Gasteiger partial charge in [0, 0.05) is 45.1 Å². The molecule has 10 rings (SSSR count). The lowest BCUT2D eigenvalue weighted by Gasteiger charge is -2.18. The molecule has 0 radical (unpaired) electrons. The molecule has 7 aromatic carbocycles. The molecule has 0 fully saturated rings. The molecule has 0 aliphatic rings. The predicted octanol–water partition coefficient (Wildman–Crippen LogP) is 13.4. The van der Waals surface area contributed by atoms with Gasteiger partial charge in [0.1, 0.15) is 0 Å². The maximum Gasteiger partial charge on any atom is 0.0992 e. The molecule has 0 spiro atoms. The Bertz CT molecular complexity index is 3220. The molecule has 0 aliphatic carbocycles. The Balaban J connectivity index is 1.22. The van der Waals surface area contributed by atoms with Gasteiger partial charge >= 0.3 is 0 Å². The summed E-state index contributed by atoms with van der Waals surface area (Å²) in [6.07, 6.45) is 3.85. The van der Waals surface area contributed by atoms with Crippen molar-refractivity contribution in [1.29, 1.82) is 5.26 Å². The van der Waals surface area contributed by atoms with Crippen molar-refractivity contribution in [2.24, 2.45) is 0 Å². The first-order valence-electron chi connectivity index (χ1n) is 19.1. The van der Waals surface area contributed by atoms with Gasteiger partial charge in [-0.1, -0.05) is 113 Å². The average molecular weight is 719 g/mol. The summed E-state index contributed by atoms with van der Waals surface area (Å²) >= 11 is 0. The minimum Gasteiger partial charge on any atom is -0.309 e. The van der Waals surface area contributed by atoms with Gasteiger partial charge in [-0.2, -0.15) is 5.26 Å². The molecule has 0 aliphatic heterocycles. The van der Waals surface area contributed by atoms with E-state index in [4.69, 9.17) is 4.98 Å². The fourth-order valence-corrected chi connectivity index (χ4v) is 8.91. The van der Waals surface area contributed by atoms with Gasteiger partial charge in [0.05, 0.1) is 45.1 Å². The van der Waals surface area contributed by atoms with Gasteiger partial charge in [-0.05, 0) is 105 Å². The number of fused-ring (bicyclic) bond motifs is 6. The summed E-state index contributed by atoms with van der Waals surface area (Å²) in [4.78, 5) is 4.72. The summed E-state index contributed by atoms with van der Waals surface area (Å²) in [5, 5.41) is 15.0. The third-order valence-corrected chi connectivity index (χ3v) is 11.2. The van der Waals surface area contributed by atoms with Crippen LogP contribution in [0.15, 0.2) is 158 Å². The predicted molar refractivity (Wildman–Crippen MR) is 233 cm³/mol. The molecule has 0 N–H and O–H groups in total. The molecule has 0 saturated carbocycles. The number of benzene rings is 7. The molecule has 56 heavy (non-hydrogen) atoms. The quantitative estimate of drug-likeness (QED) is 0.178. The topological polar surface area (TPSA) is 46.5 Å². The lowest BCUT2D eigenvalue weighted by molar-refractivity contribution is 1.14. The number of rotatable bonds is 5. The molecule has 4 nitrogen and oxygen atoms in total. The van der Waals surface area contributed by atoms with E-state index in [9.17, 15) is 5.26 Å². The van der Waals surface area contributed by atoms with Gasteiger partial charge in [-0.15, -0.1) is 0 Å². The number of nitrogens with zero attached hydrogens (tertiary/aromatic N) is 4. The fourth-order valence-electron chi connectivity index (χ4n) is 8.91. The molecule has 4 heteroatoms. The SMILES string of the molecule is Cc1cc(C)cc(-c2ccc3c(c2)c2ccccc2n3-c2ccncc2-c2ccc(C#N)cc2-n2c3ccccc3c3cc(-c4cc(C)cc(C)c4)ccc32)c1. The zero-order valence-corrected chi connectivity index (χ0v) is 31.8. The zero-order valence-electron chi connectivity index (χ0n) is 31.8. The van der Waals surface area contributed by atoms with Gasteiger partial charge < -0.3 is 9.13 Å². The van der Waals surface area contributed by atoms with E-state index in [1.165, 1.54) is 60.7 Å². The summed E-state index contributed by atoms with van der Waals surface area (Å²) in [5.74, 6) is 0. The van der Waals surface area contributed by atoms with Crippen LogP contribution in [0.3, 0.4) is 0 Å². The van der Waals surface area contributed by atoms with Crippen molar-refractivity contribution >= 4 is 43.6 Å². The van der Waals surface area contributed by atoms with Crippen LogP contribution in [0.4, 0.5) is 0 Å². The Morgan fingerprint density at radius 3 is 1.46 bits per heavy atom. The number of pyridine rings is 1. The molecule has 3 heterocycles. The number of aromatic nitrogens is 3. The van der Waals surface area contributed by atoms with Crippen molar-refractivity contribution in [2.45, 2.75) is 27.7 Å². The second-order valence-corrected chi connectivity index (χ2v) is 15.2. The molecule has 0 amide bonds. The number of hydrogen-bond acceptors (Lipinski definition) is 2. The third-order valence-electron chi connectivity index (χ3n) is 11.2. The normalized spacial score (nSPS) is 11.6. The van der Waals surface area contributed by atoms with Gasteiger partial charge in [0.15, 0.2) is 0 Å². The highest BCUT2D eigenvalue weighted by molar-refractivity contribution is 6.12. The van der Waals surface area contributed by atoms with E-state index in [1.807, 2.05) is 24.5 Å². The molecule has 0 saturated heterocycles. The maximum absolute atomic E-state index is 10.3. The molecule has 10 aromatic rings. The standard InChI is InChI=1S/C52H38N4/c1-32-21-33(2)24-39(23-32)37-14-17-49-44(28-37)41-9-5-7-11-47(41)55(49)51-19-20-54-31-46(51)43-16-13-36(30-53)27-52(43)56-48-12-8-6-10-42(48)45-29-38(15-18-50(45)56)40-25-34(3)22-35(4)26-40/h5-29,31H,1-4H3. The zero-order chi connectivity index (χ0) is 38.1. The minimum atomic E-state index is 0.600. The van der Waals surface area contributed by atoms with Crippen molar-refractivity contribution in [3.63, 3.8) is 0 Å². The summed E-state index contributed by atoms with van der Waals surface area (Å²) in [6.45, 7) is 8.62. The van der Waals surface area contributed by atoms with Crippen LogP contribution in [0.2, 0.25) is 0 Å². The molecular weight excluding hydrogens is 681 g/mol. The first kappa shape index (κ1) is 33.4. The summed E-state index contributed by atoms with van der Waals surface area (Å²) in [5.41, 5.74) is 18.8. The van der Waals surface area contributed by atoms with Gasteiger partial charge in [0.25, 0.3) is 0 Å². The molecule has 3 aromatic heterocycles. The van der Waals surface area contributed by atoms with Crippen LogP contribution in [0.25, 0.3) is 88.4 Å². The Labute approximate surface area is 326 Å². The second kappa shape index (κ2) is 13.0. The van der Waals surface area contributed by atoms with E-state index in [0.717, 1.165) is 50.0 Å². The van der Waals surface area contributed by atoms with Crippen molar-refractivity contribution in [3.8, 4) is 50.8 Å². The number of nitriles is 1. The van der Waals surface area contributed by atoms with Gasteiger partial charge in [-0.25, -0.2) is 0 Å². The highest BCUT2D eigenvalue weighted by Gasteiger charge is 2.21. The largest absolute Gasteiger partial charge is 0.309 e. The van der Waals surface area contributed by atoms with E-state index in [1.54, 1.807) is 0 Å². The van der Waals surface area contributed by atoms with Crippen LogP contribution in [0.5, 0.6) is 0 Å². The Hall–Kier alpha value is -7.22. The van der Waals surface area contributed by atoms with E-state index < -0.39 is 0 Å². The van der Waals surface area contributed by atoms with Crippen LogP contribution >= 0.6 is 0 Å².